The minimum atomic E-state index is -1.62. The van der Waals surface area contributed by atoms with Crippen LogP contribution in [0.1, 0.15) is 30.5 Å². The molecule has 2 aliphatic heterocycles. The molecule has 2 fully saturated rings. The van der Waals surface area contributed by atoms with Crippen LogP contribution < -0.4 is 10.1 Å². The van der Waals surface area contributed by atoms with E-state index in [0.717, 1.165) is 10.5 Å². The van der Waals surface area contributed by atoms with Gasteiger partial charge in [-0.15, -0.1) is 0 Å². The molecule has 3 N–H and O–H groups in total. The van der Waals surface area contributed by atoms with Crippen LogP contribution in [0.15, 0.2) is 48.5 Å². The Hall–Kier alpha value is -3.39. The standard InChI is InChI=1S/C23H24N2O6/c1-3-23(22(29)30)18-17(19(24-23)15-11-14(31-2)9-10-16(15)26)20(27)25(21(18)28)12-13-7-5-4-6-8-13/h4-11,17-19,24,26H,3,12H2,1-2H3,(H,29,30)/t17-,18-,19-,23+/m1/s1. The summed E-state index contributed by atoms with van der Waals surface area (Å²) in [5, 5.41) is 23.6. The van der Waals surface area contributed by atoms with Crippen LogP contribution in [-0.4, -0.2) is 45.5 Å². The first-order chi connectivity index (χ1) is 14.8. The molecule has 0 aliphatic carbocycles. The summed E-state index contributed by atoms with van der Waals surface area (Å²) in [5.74, 6) is -3.84. The van der Waals surface area contributed by atoms with Gasteiger partial charge < -0.3 is 14.9 Å². The third kappa shape index (κ3) is 3.14. The summed E-state index contributed by atoms with van der Waals surface area (Å²) < 4.78 is 5.24. The number of hydrogen-bond donors (Lipinski definition) is 3. The Labute approximate surface area is 179 Å². The molecular formula is C23H24N2O6. The zero-order chi connectivity index (χ0) is 22.3. The maximum atomic E-state index is 13.4. The normalized spacial score (nSPS) is 27.4. The van der Waals surface area contributed by atoms with Gasteiger partial charge in [0.2, 0.25) is 11.8 Å². The minimum absolute atomic E-state index is 0.0712. The lowest BCUT2D eigenvalue weighted by Crippen LogP contribution is -2.55. The van der Waals surface area contributed by atoms with Crippen LogP contribution in [-0.2, 0) is 20.9 Å². The fourth-order valence-corrected chi connectivity index (χ4v) is 4.83. The van der Waals surface area contributed by atoms with Crippen molar-refractivity contribution < 1.29 is 29.3 Å². The van der Waals surface area contributed by atoms with E-state index in [-0.39, 0.29) is 18.7 Å². The number of aromatic hydroxyl groups is 1. The summed E-state index contributed by atoms with van der Waals surface area (Å²) in [6.07, 6.45) is 0.100. The second-order valence-electron chi connectivity index (χ2n) is 7.93. The zero-order valence-corrected chi connectivity index (χ0v) is 17.2. The maximum Gasteiger partial charge on any atom is 0.324 e. The van der Waals surface area contributed by atoms with E-state index in [4.69, 9.17) is 4.74 Å². The quantitative estimate of drug-likeness (QED) is 0.608. The summed E-state index contributed by atoms with van der Waals surface area (Å²) in [4.78, 5) is 40.3. The molecular weight excluding hydrogens is 400 g/mol. The van der Waals surface area contributed by atoms with Crippen LogP contribution in [0.3, 0.4) is 0 Å². The Morgan fingerprint density at radius 2 is 1.87 bits per heavy atom. The molecule has 162 valence electrons. The molecule has 0 unspecified atom stereocenters. The van der Waals surface area contributed by atoms with Crippen LogP contribution in [0.5, 0.6) is 11.5 Å². The summed E-state index contributed by atoms with van der Waals surface area (Å²) in [5.41, 5.74) is -0.521. The maximum absolute atomic E-state index is 13.4. The highest BCUT2D eigenvalue weighted by molar-refractivity contribution is 6.09. The van der Waals surface area contributed by atoms with Crippen molar-refractivity contribution >= 4 is 17.8 Å². The number of carbonyl (C=O) groups is 3. The smallest absolute Gasteiger partial charge is 0.324 e. The van der Waals surface area contributed by atoms with Gasteiger partial charge in [-0.3, -0.25) is 24.6 Å². The van der Waals surface area contributed by atoms with E-state index in [2.05, 4.69) is 5.32 Å². The molecule has 0 spiro atoms. The number of aliphatic carboxylic acids is 1. The van der Waals surface area contributed by atoms with Gasteiger partial charge in [0.05, 0.1) is 25.5 Å². The van der Waals surface area contributed by atoms with Gasteiger partial charge in [-0.05, 0) is 30.2 Å². The lowest BCUT2D eigenvalue weighted by atomic mass is 9.78. The van der Waals surface area contributed by atoms with Crippen LogP contribution in [0, 0.1) is 11.8 Å². The number of phenolic OH excluding ortho intramolecular Hbond substituents is 1. The van der Waals surface area contributed by atoms with E-state index in [0.29, 0.717) is 11.3 Å². The van der Waals surface area contributed by atoms with Crippen LogP contribution in [0.2, 0.25) is 0 Å². The van der Waals surface area contributed by atoms with Crippen LogP contribution >= 0.6 is 0 Å². The fourth-order valence-electron chi connectivity index (χ4n) is 4.83. The van der Waals surface area contributed by atoms with Crippen molar-refractivity contribution in [2.75, 3.05) is 7.11 Å². The number of methoxy groups -OCH3 is 1. The molecule has 8 nitrogen and oxygen atoms in total. The fraction of sp³-hybridized carbons (Fsp3) is 0.348. The number of carboxylic acids is 1. The third-order valence-corrected chi connectivity index (χ3v) is 6.44. The third-order valence-electron chi connectivity index (χ3n) is 6.44. The molecule has 8 heteroatoms. The Morgan fingerprint density at radius 1 is 1.16 bits per heavy atom. The van der Waals surface area contributed by atoms with Gasteiger partial charge in [0.15, 0.2) is 0 Å². The molecule has 0 bridgehead atoms. The second-order valence-corrected chi connectivity index (χ2v) is 7.93. The van der Waals surface area contributed by atoms with E-state index in [1.807, 2.05) is 30.3 Å². The highest BCUT2D eigenvalue weighted by Crippen LogP contribution is 2.52. The van der Waals surface area contributed by atoms with E-state index in [1.54, 1.807) is 19.1 Å². The van der Waals surface area contributed by atoms with Crippen molar-refractivity contribution in [3.8, 4) is 11.5 Å². The first kappa shape index (κ1) is 20.9. The number of hydrogen-bond acceptors (Lipinski definition) is 6. The summed E-state index contributed by atoms with van der Waals surface area (Å²) in [6.45, 7) is 1.74. The lowest BCUT2D eigenvalue weighted by Gasteiger charge is -2.30. The highest BCUT2D eigenvalue weighted by atomic mass is 16.5. The number of imide groups is 1. The number of nitrogens with zero attached hydrogens (tertiary/aromatic N) is 1. The van der Waals surface area contributed by atoms with Gasteiger partial charge in [-0.2, -0.15) is 0 Å². The van der Waals surface area contributed by atoms with E-state index in [1.165, 1.54) is 13.2 Å². The van der Waals surface area contributed by atoms with Gasteiger partial charge in [-0.1, -0.05) is 37.3 Å². The number of phenols is 1. The molecule has 0 saturated carbocycles. The predicted molar refractivity (Wildman–Crippen MR) is 110 cm³/mol. The molecule has 4 rings (SSSR count). The number of benzene rings is 2. The Morgan fingerprint density at radius 3 is 2.48 bits per heavy atom. The van der Waals surface area contributed by atoms with Crippen molar-refractivity contribution in [1.29, 1.82) is 0 Å². The molecule has 2 aromatic carbocycles. The van der Waals surface area contributed by atoms with Gasteiger partial charge >= 0.3 is 5.97 Å². The Balaban J connectivity index is 1.81. The molecule has 2 aliphatic rings. The number of likely N-dealkylation sites (tertiary alicyclic amines) is 1. The van der Waals surface area contributed by atoms with E-state index in [9.17, 15) is 24.6 Å². The van der Waals surface area contributed by atoms with Crippen LogP contribution in [0.4, 0.5) is 0 Å². The number of amides is 2. The molecule has 31 heavy (non-hydrogen) atoms. The SMILES string of the molecule is CC[C@]1(C(=O)O)N[C@H](c2cc(OC)ccc2O)[C@@H]2C(=O)N(Cc3ccccc3)C(=O)[C@@H]21. The Kier molecular flexibility index (Phi) is 5.18. The number of ether oxygens (including phenoxy) is 1. The Bertz CT molecular complexity index is 1040. The van der Waals surface area contributed by atoms with Crippen molar-refractivity contribution in [3.05, 3.63) is 59.7 Å². The number of nitrogens with one attached hydrogen (secondary N) is 1. The van der Waals surface area contributed by atoms with Gasteiger partial charge in [0.25, 0.3) is 0 Å². The number of carbonyl (C=O) groups excluding carboxylic acids is 2. The summed E-state index contributed by atoms with van der Waals surface area (Å²) in [7, 11) is 1.47. The van der Waals surface area contributed by atoms with Crippen molar-refractivity contribution in [3.63, 3.8) is 0 Å². The van der Waals surface area contributed by atoms with E-state index < -0.39 is 41.2 Å². The zero-order valence-electron chi connectivity index (χ0n) is 17.2. The molecule has 2 heterocycles. The largest absolute Gasteiger partial charge is 0.508 e. The lowest BCUT2D eigenvalue weighted by molar-refractivity contribution is -0.151. The molecule has 0 radical (unpaired) electrons. The van der Waals surface area contributed by atoms with Crippen molar-refractivity contribution in [2.24, 2.45) is 11.8 Å². The van der Waals surface area contributed by atoms with Gasteiger partial charge in [-0.25, -0.2) is 0 Å². The minimum Gasteiger partial charge on any atom is -0.508 e. The molecule has 2 amide bonds. The average molecular weight is 424 g/mol. The molecule has 2 aromatic rings. The van der Waals surface area contributed by atoms with Crippen molar-refractivity contribution in [1.82, 2.24) is 10.2 Å². The highest BCUT2D eigenvalue weighted by Gasteiger charge is 2.68. The number of rotatable bonds is 6. The van der Waals surface area contributed by atoms with Crippen molar-refractivity contribution in [2.45, 2.75) is 31.5 Å². The topological polar surface area (TPSA) is 116 Å². The summed E-state index contributed by atoms with van der Waals surface area (Å²) in [6, 6.07) is 12.8. The molecule has 2 saturated heterocycles. The predicted octanol–water partition coefficient (Wildman–Crippen LogP) is 2.08. The van der Waals surface area contributed by atoms with Crippen LogP contribution in [0.25, 0.3) is 0 Å². The first-order valence-electron chi connectivity index (χ1n) is 10.1. The summed E-state index contributed by atoms with van der Waals surface area (Å²) >= 11 is 0. The molecule has 0 aromatic heterocycles. The molecule has 4 atom stereocenters. The number of carboxylic acid groups (broad SMARTS) is 1. The van der Waals surface area contributed by atoms with E-state index >= 15 is 0 Å². The average Bonchev–Trinajstić information content (AvgIpc) is 3.25. The second kappa shape index (κ2) is 7.70. The first-order valence-corrected chi connectivity index (χ1v) is 10.1. The monoisotopic (exact) mass is 424 g/mol. The van der Waals surface area contributed by atoms with Gasteiger partial charge in [0, 0.05) is 11.6 Å². The van der Waals surface area contributed by atoms with Gasteiger partial charge in [0.1, 0.15) is 17.0 Å². The number of fused-ring (bicyclic) bond motifs is 1.